The fraction of sp³-hybridized carbons (Fsp3) is 0.533. The van der Waals surface area contributed by atoms with Crippen molar-refractivity contribution in [1.29, 1.82) is 0 Å². The van der Waals surface area contributed by atoms with E-state index in [-0.39, 0.29) is 12.0 Å². The Morgan fingerprint density at radius 2 is 2.00 bits per heavy atom. The first-order chi connectivity index (χ1) is 8.28. The summed E-state index contributed by atoms with van der Waals surface area (Å²) in [6.45, 7) is 9.87. The van der Waals surface area contributed by atoms with Crippen LogP contribution in [-0.2, 0) is 16.0 Å². The monoisotopic (exact) mass is 247 g/mol. The van der Waals surface area contributed by atoms with E-state index in [9.17, 15) is 4.79 Å². The molecule has 3 nitrogen and oxygen atoms in total. The largest absolute Gasteiger partial charge is 0.458 e. The third-order valence-corrected chi connectivity index (χ3v) is 3.30. The number of nitrogens with one attached hydrogen (secondary N) is 1. The minimum absolute atomic E-state index is 0.171. The average molecular weight is 247 g/mol. The molecule has 0 saturated carbocycles. The van der Waals surface area contributed by atoms with Crippen molar-refractivity contribution in [2.75, 3.05) is 5.32 Å². The smallest absolute Gasteiger partial charge is 0.329 e. The van der Waals surface area contributed by atoms with Crippen molar-refractivity contribution >= 4 is 11.7 Å². The molecule has 1 atom stereocenters. The second kappa shape index (κ2) is 4.30. The molecule has 0 bridgehead atoms. The molecule has 0 radical (unpaired) electrons. The highest BCUT2D eigenvalue weighted by Gasteiger charge is 2.31. The molecule has 18 heavy (non-hydrogen) atoms. The topological polar surface area (TPSA) is 38.3 Å². The summed E-state index contributed by atoms with van der Waals surface area (Å²) in [5, 5.41) is 3.25. The average Bonchev–Trinajstić information content (AvgIpc) is 2.66. The molecule has 0 amide bonds. The van der Waals surface area contributed by atoms with Gasteiger partial charge in [-0.1, -0.05) is 6.07 Å². The number of fused-ring (bicyclic) bond motifs is 1. The number of anilines is 1. The van der Waals surface area contributed by atoms with Crippen LogP contribution >= 0.6 is 0 Å². The quantitative estimate of drug-likeness (QED) is 0.775. The molecule has 1 aliphatic heterocycles. The van der Waals surface area contributed by atoms with Crippen LogP contribution in [0.25, 0.3) is 0 Å². The van der Waals surface area contributed by atoms with Gasteiger partial charge in [0.2, 0.25) is 0 Å². The summed E-state index contributed by atoms with van der Waals surface area (Å²) < 4.78 is 5.42. The molecule has 2 rings (SSSR count). The molecule has 1 aromatic rings. The van der Waals surface area contributed by atoms with Gasteiger partial charge in [0.25, 0.3) is 0 Å². The first-order valence-corrected chi connectivity index (χ1v) is 6.36. The van der Waals surface area contributed by atoms with Crippen LogP contribution in [-0.4, -0.2) is 17.6 Å². The van der Waals surface area contributed by atoms with E-state index >= 15 is 0 Å². The predicted molar refractivity (Wildman–Crippen MR) is 72.9 cm³/mol. The number of carbonyl (C=O) groups is 1. The van der Waals surface area contributed by atoms with Crippen LogP contribution in [0.1, 0.15) is 37.5 Å². The fourth-order valence-electron chi connectivity index (χ4n) is 2.23. The van der Waals surface area contributed by atoms with E-state index in [0.29, 0.717) is 0 Å². The Balaban J connectivity index is 2.15. The second-order valence-corrected chi connectivity index (χ2v) is 5.97. The molecular weight excluding hydrogens is 226 g/mol. The van der Waals surface area contributed by atoms with Crippen LogP contribution < -0.4 is 5.32 Å². The van der Waals surface area contributed by atoms with E-state index in [0.717, 1.165) is 12.1 Å². The number of rotatable bonds is 1. The van der Waals surface area contributed by atoms with Gasteiger partial charge < -0.3 is 10.1 Å². The van der Waals surface area contributed by atoms with Crippen molar-refractivity contribution in [1.82, 2.24) is 0 Å². The zero-order chi connectivity index (χ0) is 13.5. The van der Waals surface area contributed by atoms with E-state index in [1.807, 2.05) is 26.8 Å². The molecule has 98 valence electrons. The molecule has 0 fully saturated rings. The van der Waals surface area contributed by atoms with E-state index in [4.69, 9.17) is 4.74 Å². The van der Waals surface area contributed by atoms with Gasteiger partial charge in [-0.3, -0.25) is 0 Å². The lowest BCUT2D eigenvalue weighted by Crippen LogP contribution is -2.35. The van der Waals surface area contributed by atoms with Crippen molar-refractivity contribution in [3.8, 4) is 0 Å². The summed E-state index contributed by atoms with van der Waals surface area (Å²) in [6.07, 6.45) is 0.720. The zero-order valence-corrected chi connectivity index (χ0v) is 11.8. The van der Waals surface area contributed by atoms with E-state index in [1.165, 1.54) is 16.7 Å². The van der Waals surface area contributed by atoms with Gasteiger partial charge in [0.15, 0.2) is 0 Å². The molecule has 1 heterocycles. The molecule has 1 aromatic carbocycles. The molecule has 1 aliphatic rings. The Labute approximate surface area is 109 Å². The lowest BCUT2D eigenvalue weighted by atomic mass is 10.00. The van der Waals surface area contributed by atoms with Crippen LogP contribution in [0.5, 0.6) is 0 Å². The Hall–Kier alpha value is -1.51. The summed E-state index contributed by atoms with van der Waals surface area (Å²) in [7, 11) is 0. The summed E-state index contributed by atoms with van der Waals surface area (Å²) in [5.41, 5.74) is 4.41. The third-order valence-electron chi connectivity index (χ3n) is 3.30. The minimum atomic E-state index is -0.432. The Morgan fingerprint density at radius 3 is 2.61 bits per heavy atom. The molecule has 3 heteroatoms. The molecular formula is C15H21NO2. The first-order valence-electron chi connectivity index (χ1n) is 6.36. The summed E-state index contributed by atoms with van der Waals surface area (Å²) >= 11 is 0. The van der Waals surface area contributed by atoms with Gasteiger partial charge in [0.1, 0.15) is 11.6 Å². The minimum Gasteiger partial charge on any atom is -0.458 e. The number of hydrogen-bond acceptors (Lipinski definition) is 3. The van der Waals surface area contributed by atoms with Crippen molar-refractivity contribution in [2.24, 2.45) is 0 Å². The first kappa shape index (κ1) is 12.9. The summed E-state index contributed by atoms with van der Waals surface area (Å²) in [6, 6.07) is 3.88. The van der Waals surface area contributed by atoms with Crippen LogP contribution in [0.4, 0.5) is 5.69 Å². The molecule has 1 N–H and O–H groups in total. The van der Waals surface area contributed by atoms with Gasteiger partial charge in [-0.05, 0) is 57.4 Å². The molecule has 0 spiro atoms. The van der Waals surface area contributed by atoms with Gasteiger partial charge in [-0.2, -0.15) is 0 Å². The number of carbonyl (C=O) groups excluding carboxylic acids is 1. The van der Waals surface area contributed by atoms with Crippen LogP contribution in [0.3, 0.4) is 0 Å². The normalized spacial score (nSPS) is 18.2. The zero-order valence-electron chi connectivity index (χ0n) is 11.8. The highest BCUT2D eigenvalue weighted by atomic mass is 16.6. The maximum absolute atomic E-state index is 12.0. The van der Waals surface area contributed by atoms with E-state index < -0.39 is 5.60 Å². The Bertz CT molecular complexity index is 486. The number of aryl methyl sites for hydroxylation is 1. The van der Waals surface area contributed by atoms with E-state index in [2.05, 4.69) is 25.2 Å². The predicted octanol–water partition coefficient (Wildman–Crippen LogP) is 2.98. The lowest BCUT2D eigenvalue weighted by molar-refractivity contribution is -0.155. The van der Waals surface area contributed by atoms with E-state index in [1.54, 1.807) is 0 Å². The number of benzene rings is 1. The van der Waals surface area contributed by atoms with Crippen LogP contribution in [0.15, 0.2) is 12.1 Å². The van der Waals surface area contributed by atoms with Gasteiger partial charge >= 0.3 is 5.97 Å². The highest BCUT2D eigenvalue weighted by Crippen LogP contribution is 2.31. The number of hydrogen-bond donors (Lipinski definition) is 1. The lowest BCUT2D eigenvalue weighted by Gasteiger charge is -2.22. The standard InChI is InChI=1S/C15H21NO2/c1-9-6-7-12-11(10(9)2)8-13(16-12)14(17)18-15(3,4)5/h6-7,13,16H,8H2,1-5H3/t13-/m1/s1. The van der Waals surface area contributed by atoms with Gasteiger partial charge in [0, 0.05) is 12.1 Å². The van der Waals surface area contributed by atoms with Crippen LogP contribution in [0.2, 0.25) is 0 Å². The van der Waals surface area contributed by atoms with Crippen molar-refractivity contribution in [2.45, 2.75) is 52.7 Å². The van der Waals surface area contributed by atoms with Crippen molar-refractivity contribution < 1.29 is 9.53 Å². The number of esters is 1. The maximum Gasteiger partial charge on any atom is 0.329 e. The molecule has 0 unspecified atom stereocenters. The van der Waals surface area contributed by atoms with Crippen LogP contribution in [0, 0.1) is 13.8 Å². The second-order valence-electron chi connectivity index (χ2n) is 5.97. The van der Waals surface area contributed by atoms with Gasteiger partial charge in [-0.25, -0.2) is 4.79 Å². The van der Waals surface area contributed by atoms with Crippen molar-refractivity contribution in [3.63, 3.8) is 0 Å². The summed E-state index contributed by atoms with van der Waals surface area (Å²) in [5.74, 6) is -0.171. The molecule has 0 aliphatic carbocycles. The maximum atomic E-state index is 12.0. The van der Waals surface area contributed by atoms with Crippen molar-refractivity contribution in [3.05, 3.63) is 28.8 Å². The fourth-order valence-corrected chi connectivity index (χ4v) is 2.23. The SMILES string of the molecule is Cc1ccc2c(c1C)C[C@H](C(=O)OC(C)(C)C)N2. The van der Waals surface area contributed by atoms with Gasteiger partial charge in [0.05, 0.1) is 0 Å². The Kier molecular flexibility index (Phi) is 3.09. The number of ether oxygens (including phenoxy) is 1. The molecule has 0 saturated heterocycles. The van der Waals surface area contributed by atoms with Gasteiger partial charge in [-0.15, -0.1) is 0 Å². The Morgan fingerprint density at radius 1 is 1.33 bits per heavy atom. The molecule has 0 aromatic heterocycles. The third kappa shape index (κ3) is 2.50. The summed E-state index contributed by atoms with van der Waals surface area (Å²) in [4.78, 5) is 12.0. The highest BCUT2D eigenvalue weighted by molar-refractivity contribution is 5.83.